The molecule has 6 nitrogen and oxygen atoms in total. The standard InChI is InChI=1S/C24H17FN4O2/c1-31-19-9-5-6-17(13-19)22-15-29(18-7-3-2-4-8-18)24(27-22)28-23(30)20-11-10-16(14-26)12-21(20)25/h2-13,15H,1H3,(H,27,28,30). The second-order valence-corrected chi connectivity index (χ2v) is 6.65. The van der Waals surface area contributed by atoms with E-state index in [2.05, 4.69) is 10.3 Å². The molecule has 0 atom stereocenters. The fourth-order valence-electron chi connectivity index (χ4n) is 3.11. The molecular weight excluding hydrogens is 395 g/mol. The van der Waals surface area contributed by atoms with Crippen LogP contribution in [0.2, 0.25) is 0 Å². The zero-order valence-electron chi connectivity index (χ0n) is 16.5. The minimum atomic E-state index is -0.776. The van der Waals surface area contributed by atoms with E-state index >= 15 is 0 Å². The third-order valence-electron chi connectivity index (χ3n) is 4.67. The van der Waals surface area contributed by atoms with E-state index in [0.717, 1.165) is 17.3 Å². The zero-order valence-corrected chi connectivity index (χ0v) is 16.5. The number of hydrogen-bond acceptors (Lipinski definition) is 4. The number of anilines is 1. The highest BCUT2D eigenvalue weighted by Gasteiger charge is 2.18. The smallest absolute Gasteiger partial charge is 0.260 e. The van der Waals surface area contributed by atoms with Gasteiger partial charge in [0.2, 0.25) is 5.95 Å². The lowest BCUT2D eigenvalue weighted by Gasteiger charge is -2.09. The number of benzene rings is 3. The van der Waals surface area contributed by atoms with Crippen molar-refractivity contribution < 1.29 is 13.9 Å². The van der Waals surface area contributed by atoms with Gasteiger partial charge >= 0.3 is 0 Å². The minimum absolute atomic E-state index is 0.139. The van der Waals surface area contributed by atoms with Crippen LogP contribution in [0.25, 0.3) is 16.9 Å². The van der Waals surface area contributed by atoms with Crippen LogP contribution < -0.4 is 10.1 Å². The maximum absolute atomic E-state index is 14.3. The first-order chi connectivity index (χ1) is 15.1. The van der Waals surface area contributed by atoms with Crippen molar-refractivity contribution in [3.63, 3.8) is 0 Å². The molecular formula is C24H17FN4O2. The van der Waals surface area contributed by atoms with Gasteiger partial charge < -0.3 is 4.74 Å². The quantitative estimate of drug-likeness (QED) is 0.510. The summed E-state index contributed by atoms with van der Waals surface area (Å²) in [5.41, 5.74) is 2.15. The molecule has 0 saturated carbocycles. The molecule has 0 unspecified atom stereocenters. The van der Waals surface area contributed by atoms with Crippen molar-refractivity contribution in [1.82, 2.24) is 9.55 Å². The molecule has 31 heavy (non-hydrogen) atoms. The third-order valence-corrected chi connectivity index (χ3v) is 4.67. The van der Waals surface area contributed by atoms with Crippen molar-refractivity contribution in [1.29, 1.82) is 5.26 Å². The lowest BCUT2D eigenvalue weighted by Crippen LogP contribution is -2.17. The minimum Gasteiger partial charge on any atom is -0.497 e. The molecule has 0 aliphatic heterocycles. The molecule has 152 valence electrons. The van der Waals surface area contributed by atoms with E-state index in [-0.39, 0.29) is 17.1 Å². The number of ether oxygens (including phenoxy) is 1. The van der Waals surface area contributed by atoms with Gasteiger partial charge in [0.1, 0.15) is 11.6 Å². The van der Waals surface area contributed by atoms with Gasteiger partial charge in [0, 0.05) is 17.4 Å². The normalized spacial score (nSPS) is 10.4. The molecule has 0 saturated heterocycles. The predicted octanol–water partition coefficient (Wildman–Crippen LogP) is 4.81. The Bertz CT molecular complexity index is 1290. The van der Waals surface area contributed by atoms with Crippen LogP contribution in [0.4, 0.5) is 10.3 Å². The van der Waals surface area contributed by atoms with Crippen molar-refractivity contribution >= 4 is 11.9 Å². The molecule has 0 fully saturated rings. The van der Waals surface area contributed by atoms with Gasteiger partial charge in [0.05, 0.1) is 30.0 Å². The van der Waals surface area contributed by atoms with Crippen molar-refractivity contribution in [2.45, 2.75) is 0 Å². The van der Waals surface area contributed by atoms with Crippen LogP contribution in [0, 0.1) is 17.1 Å². The predicted molar refractivity (Wildman–Crippen MR) is 115 cm³/mol. The van der Waals surface area contributed by atoms with Gasteiger partial charge in [-0.15, -0.1) is 0 Å². The van der Waals surface area contributed by atoms with Crippen LogP contribution in [0.15, 0.2) is 79.0 Å². The summed E-state index contributed by atoms with van der Waals surface area (Å²) in [6.07, 6.45) is 1.79. The van der Waals surface area contributed by atoms with Gasteiger partial charge in [-0.3, -0.25) is 14.7 Å². The Labute approximate surface area is 178 Å². The number of hydrogen-bond donors (Lipinski definition) is 1. The van der Waals surface area contributed by atoms with Gasteiger partial charge in [-0.25, -0.2) is 9.37 Å². The number of rotatable bonds is 5. The highest BCUT2D eigenvalue weighted by Crippen LogP contribution is 2.27. The molecule has 1 N–H and O–H groups in total. The number of imidazole rings is 1. The summed E-state index contributed by atoms with van der Waals surface area (Å²) in [5, 5.41) is 11.6. The van der Waals surface area contributed by atoms with E-state index in [0.29, 0.717) is 11.4 Å². The molecule has 0 bridgehead atoms. The van der Waals surface area contributed by atoms with E-state index in [1.165, 1.54) is 12.1 Å². The Kier molecular flexibility index (Phi) is 5.45. The Hall–Kier alpha value is -4.44. The Balaban J connectivity index is 1.74. The SMILES string of the molecule is COc1cccc(-c2cn(-c3ccccc3)c(NC(=O)c3ccc(C#N)cc3F)n2)c1. The largest absolute Gasteiger partial charge is 0.497 e. The molecule has 0 radical (unpaired) electrons. The summed E-state index contributed by atoms with van der Waals surface area (Å²) in [6, 6.07) is 22.3. The average molecular weight is 412 g/mol. The summed E-state index contributed by atoms with van der Waals surface area (Å²) in [7, 11) is 1.58. The first kappa shape index (κ1) is 19.9. The van der Waals surface area contributed by atoms with E-state index < -0.39 is 11.7 Å². The van der Waals surface area contributed by atoms with Crippen molar-refractivity contribution in [2.75, 3.05) is 12.4 Å². The second-order valence-electron chi connectivity index (χ2n) is 6.65. The van der Waals surface area contributed by atoms with E-state index in [1.807, 2.05) is 60.7 Å². The molecule has 0 aliphatic carbocycles. The highest BCUT2D eigenvalue weighted by molar-refractivity contribution is 6.04. The van der Waals surface area contributed by atoms with Gasteiger partial charge in [0.25, 0.3) is 5.91 Å². The van der Waals surface area contributed by atoms with E-state index in [1.54, 1.807) is 17.9 Å². The lowest BCUT2D eigenvalue weighted by molar-refractivity contribution is 0.102. The number of amides is 1. The number of nitrogens with one attached hydrogen (secondary N) is 1. The van der Waals surface area contributed by atoms with Crippen molar-refractivity contribution in [3.8, 4) is 28.8 Å². The van der Waals surface area contributed by atoms with Gasteiger partial charge in [-0.1, -0.05) is 30.3 Å². The van der Waals surface area contributed by atoms with E-state index in [4.69, 9.17) is 10.00 Å². The fraction of sp³-hybridized carbons (Fsp3) is 0.0417. The fourth-order valence-corrected chi connectivity index (χ4v) is 3.11. The number of carbonyl (C=O) groups excluding carboxylic acids is 1. The summed E-state index contributed by atoms with van der Waals surface area (Å²) < 4.78 is 21.3. The average Bonchev–Trinajstić information content (AvgIpc) is 3.23. The first-order valence-electron chi connectivity index (χ1n) is 9.39. The Morgan fingerprint density at radius 1 is 1.10 bits per heavy atom. The molecule has 1 amide bonds. The molecule has 1 aromatic heterocycles. The summed E-state index contributed by atoms with van der Waals surface area (Å²) in [5.74, 6) is -0.529. The van der Waals surface area contributed by atoms with Crippen LogP contribution in [-0.4, -0.2) is 22.6 Å². The number of nitrogens with zero attached hydrogens (tertiary/aromatic N) is 3. The Morgan fingerprint density at radius 2 is 1.90 bits per heavy atom. The summed E-state index contributed by atoms with van der Waals surface area (Å²) >= 11 is 0. The molecule has 1 heterocycles. The zero-order chi connectivity index (χ0) is 21.8. The second kappa shape index (κ2) is 8.51. The maximum atomic E-state index is 14.3. The van der Waals surface area contributed by atoms with Crippen LogP contribution in [0.3, 0.4) is 0 Å². The highest BCUT2D eigenvalue weighted by atomic mass is 19.1. The molecule has 0 spiro atoms. The van der Waals surface area contributed by atoms with Crippen LogP contribution in [0.5, 0.6) is 5.75 Å². The van der Waals surface area contributed by atoms with Crippen LogP contribution >= 0.6 is 0 Å². The molecule has 7 heteroatoms. The number of para-hydroxylation sites is 1. The summed E-state index contributed by atoms with van der Waals surface area (Å²) in [4.78, 5) is 17.3. The van der Waals surface area contributed by atoms with Crippen molar-refractivity contribution in [2.24, 2.45) is 0 Å². The third kappa shape index (κ3) is 4.14. The first-order valence-corrected chi connectivity index (χ1v) is 9.39. The van der Waals surface area contributed by atoms with Gasteiger partial charge in [0.15, 0.2) is 0 Å². The number of nitriles is 1. The molecule has 4 aromatic rings. The van der Waals surface area contributed by atoms with Crippen LogP contribution in [0.1, 0.15) is 15.9 Å². The van der Waals surface area contributed by atoms with Gasteiger partial charge in [-0.2, -0.15) is 5.26 Å². The van der Waals surface area contributed by atoms with Gasteiger partial charge in [-0.05, 0) is 42.5 Å². The number of carbonyl (C=O) groups is 1. The maximum Gasteiger partial charge on any atom is 0.260 e. The van der Waals surface area contributed by atoms with Crippen LogP contribution in [-0.2, 0) is 0 Å². The lowest BCUT2D eigenvalue weighted by atomic mass is 10.1. The number of methoxy groups -OCH3 is 1. The topological polar surface area (TPSA) is 79.9 Å². The van der Waals surface area contributed by atoms with Crippen molar-refractivity contribution in [3.05, 3.63) is 95.9 Å². The number of halogens is 1. The molecule has 0 aliphatic rings. The number of aromatic nitrogens is 2. The van der Waals surface area contributed by atoms with E-state index in [9.17, 15) is 9.18 Å². The molecule has 4 rings (SSSR count). The molecule has 3 aromatic carbocycles. The monoisotopic (exact) mass is 412 g/mol. The summed E-state index contributed by atoms with van der Waals surface area (Å²) in [6.45, 7) is 0. The Morgan fingerprint density at radius 3 is 2.61 bits per heavy atom.